The molecule has 2 aliphatic heterocycles. The van der Waals surface area contributed by atoms with Crippen molar-refractivity contribution in [2.24, 2.45) is 0 Å². The lowest BCUT2D eigenvalue weighted by Crippen LogP contribution is -2.39. The minimum atomic E-state index is -0.103. The Labute approximate surface area is 126 Å². The van der Waals surface area contributed by atoms with Crippen molar-refractivity contribution in [1.82, 2.24) is 9.80 Å². The summed E-state index contributed by atoms with van der Waals surface area (Å²) < 4.78 is 5.63. The van der Waals surface area contributed by atoms with Crippen LogP contribution in [0.3, 0.4) is 0 Å². The molecule has 0 bridgehead atoms. The Bertz CT molecular complexity index is 449. The van der Waals surface area contributed by atoms with Gasteiger partial charge in [0.25, 0.3) is 0 Å². The Balaban J connectivity index is 1.41. The molecular formula is C17H24N2O2. The van der Waals surface area contributed by atoms with Crippen molar-refractivity contribution in [2.75, 3.05) is 26.2 Å². The van der Waals surface area contributed by atoms with Crippen molar-refractivity contribution in [3.8, 4) is 0 Å². The first-order chi connectivity index (χ1) is 10.3. The standard InChI is InChI=1S/C17H24N2O2/c20-17(19-10-4-5-11-19)21-16-8-12-18(13-9-16)14-15-6-2-1-3-7-15/h1-3,6-7,16H,4-5,8-14H2. The van der Waals surface area contributed by atoms with E-state index in [4.69, 9.17) is 4.74 Å². The molecule has 2 aliphatic rings. The van der Waals surface area contributed by atoms with Crippen molar-refractivity contribution < 1.29 is 9.53 Å². The zero-order chi connectivity index (χ0) is 14.5. The van der Waals surface area contributed by atoms with Crippen LogP contribution in [0, 0.1) is 0 Å². The van der Waals surface area contributed by atoms with Gasteiger partial charge in [0.2, 0.25) is 0 Å². The van der Waals surface area contributed by atoms with Crippen molar-refractivity contribution in [1.29, 1.82) is 0 Å². The first-order valence-electron chi connectivity index (χ1n) is 8.03. The zero-order valence-electron chi connectivity index (χ0n) is 12.5. The smallest absolute Gasteiger partial charge is 0.410 e. The summed E-state index contributed by atoms with van der Waals surface area (Å²) in [5, 5.41) is 0. The molecule has 2 heterocycles. The molecule has 0 radical (unpaired) electrons. The minimum absolute atomic E-state index is 0.102. The number of piperidine rings is 1. The lowest BCUT2D eigenvalue weighted by atomic mass is 10.1. The number of hydrogen-bond donors (Lipinski definition) is 0. The van der Waals surface area contributed by atoms with Gasteiger partial charge in [-0.05, 0) is 31.2 Å². The van der Waals surface area contributed by atoms with Gasteiger partial charge in [0.1, 0.15) is 6.10 Å². The van der Waals surface area contributed by atoms with Gasteiger partial charge in [0.05, 0.1) is 0 Å². The highest BCUT2D eigenvalue weighted by atomic mass is 16.6. The number of ether oxygens (including phenoxy) is 1. The van der Waals surface area contributed by atoms with Gasteiger partial charge in [-0.15, -0.1) is 0 Å². The number of carbonyl (C=O) groups is 1. The number of amides is 1. The second-order valence-electron chi connectivity index (χ2n) is 6.04. The van der Waals surface area contributed by atoms with Crippen LogP contribution in [-0.4, -0.2) is 48.2 Å². The summed E-state index contributed by atoms with van der Waals surface area (Å²) in [6.07, 6.45) is 4.13. The molecule has 1 amide bonds. The summed E-state index contributed by atoms with van der Waals surface area (Å²) in [4.78, 5) is 16.3. The first kappa shape index (κ1) is 14.4. The maximum absolute atomic E-state index is 12.0. The fourth-order valence-corrected chi connectivity index (χ4v) is 3.14. The zero-order valence-corrected chi connectivity index (χ0v) is 12.5. The molecule has 0 N–H and O–H groups in total. The fourth-order valence-electron chi connectivity index (χ4n) is 3.14. The molecule has 21 heavy (non-hydrogen) atoms. The maximum Gasteiger partial charge on any atom is 0.410 e. The number of carbonyl (C=O) groups excluding carboxylic acids is 1. The Morgan fingerprint density at radius 3 is 2.38 bits per heavy atom. The fraction of sp³-hybridized carbons (Fsp3) is 0.588. The molecule has 3 rings (SSSR count). The van der Waals surface area contributed by atoms with Crippen LogP contribution >= 0.6 is 0 Å². The van der Waals surface area contributed by atoms with E-state index in [-0.39, 0.29) is 12.2 Å². The summed E-state index contributed by atoms with van der Waals surface area (Å²) in [6, 6.07) is 10.5. The largest absolute Gasteiger partial charge is 0.446 e. The van der Waals surface area contributed by atoms with E-state index in [1.54, 1.807) is 0 Å². The minimum Gasteiger partial charge on any atom is -0.446 e. The number of benzene rings is 1. The van der Waals surface area contributed by atoms with Crippen LogP contribution in [0.4, 0.5) is 4.79 Å². The van der Waals surface area contributed by atoms with E-state index in [1.807, 2.05) is 11.0 Å². The molecule has 114 valence electrons. The number of likely N-dealkylation sites (tertiary alicyclic amines) is 2. The van der Waals surface area contributed by atoms with E-state index in [2.05, 4.69) is 29.2 Å². The van der Waals surface area contributed by atoms with Crippen LogP contribution in [0.15, 0.2) is 30.3 Å². The summed E-state index contributed by atoms with van der Waals surface area (Å²) >= 11 is 0. The lowest BCUT2D eigenvalue weighted by molar-refractivity contribution is 0.0306. The second kappa shape index (κ2) is 6.94. The van der Waals surface area contributed by atoms with Crippen molar-refractivity contribution in [3.63, 3.8) is 0 Å². The molecule has 0 atom stereocenters. The van der Waals surface area contributed by atoms with E-state index in [0.717, 1.165) is 58.4 Å². The van der Waals surface area contributed by atoms with E-state index in [1.165, 1.54) is 5.56 Å². The summed E-state index contributed by atoms with van der Waals surface area (Å²) in [5.41, 5.74) is 1.35. The highest BCUT2D eigenvalue weighted by Crippen LogP contribution is 2.18. The predicted octanol–water partition coefficient (Wildman–Crippen LogP) is 2.88. The molecule has 2 saturated heterocycles. The van der Waals surface area contributed by atoms with Crippen LogP contribution in [0.25, 0.3) is 0 Å². The van der Waals surface area contributed by atoms with Gasteiger partial charge in [0, 0.05) is 32.7 Å². The van der Waals surface area contributed by atoms with Gasteiger partial charge in [-0.25, -0.2) is 4.79 Å². The molecule has 1 aromatic rings. The van der Waals surface area contributed by atoms with Gasteiger partial charge < -0.3 is 9.64 Å². The number of rotatable bonds is 3. The van der Waals surface area contributed by atoms with Crippen molar-refractivity contribution >= 4 is 6.09 Å². The molecule has 0 unspecified atom stereocenters. The molecule has 0 spiro atoms. The molecular weight excluding hydrogens is 264 g/mol. The normalized spacial score (nSPS) is 20.7. The predicted molar refractivity (Wildman–Crippen MR) is 82.0 cm³/mol. The van der Waals surface area contributed by atoms with Gasteiger partial charge in [0.15, 0.2) is 0 Å². The van der Waals surface area contributed by atoms with Crippen LogP contribution in [-0.2, 0) is 11.3 Å². The molecule has 0 saturated carbocycles. The highest BCUT2D eigenvalue weighted by molar-refractivity contribution is 5.68. The SMILES string of the molecule is O=C(OC1CCN(Cc2ccccc2)CC1)N1CCCC1. The van der Waals surface area contributed by atoms with Crippen LogP contribution < -0.4 is 0 Å². The maximum atomic E-state index is 12.0. The lowest BCUT2D eigenvalue weighted by Gasteiger charge is -2.32. The Hall–Kier alpha value is -1.55. The molecule has 4 heteroatoms. The third-order valence-corrected chi connectivity index (χ3v) is 4.42. The van der Waals surface area contributed by atoms with Gasteiger partial charge in [-0.2, -0.15) is 0 Å². The monoisotopic (exact) mass is 288 g/mol. The summed E-state index contributed by atoms with van der Waals surface area (Å²) in [7, 11) is 0. The Morgan fingerprint density at radius 1 is 1.05 bits per heavy atom. The van der Waals surface area contributed by atoms with Crippen LogP contribution in [0.1, 0.15) is 31.2 Å². The van der Waals surface area contributed by atoms with Crippen LogP contribution in [0.2, 0.25) is 0 Å². The molecule has 0 aliphatic carbocycles. The number of hydrogen-bond acceptors (Lipinski definition) is 3. The van der Waals surface area contributed by atoms with E-state index in [0.29, 0.717) is 0 Å². The quantitative estimate of drug-likeness (QED) is 0.857. The van der Waals surface area contributed by atoms with Crippen LogP contribution in [0.5, 0.6) is 0 Å². The second-order valence-corrected chi connectivity index (χ2v) is 6.04. The van der Waals surface area contributed by atoms with E-state index < -0.39 is 0 Å². The van der Waals surface area contributed by atoms with Gasteiger partial charge >= 0.3 is 6.09 Å². The highest BCUT2D eigenvalue weighted by Gasteiger charge is 2.26. The topological polar surface area (TPSA) is 32.8 Å². The van der Waals surface area contributed by atoms with Crippen molar-refractivity contribution in [2.45, 2.75) is 38.3 Å². The van der Waals surface area contributed by atoms with E-state index in [9.17, 15) is 4.79 Å². The molecule has 2 fully saturated rings. The molecule has 1 aromatic carbocycles. The van der Waals surface area contributed by atoms with Crippen molar-refractivity contribution in [3.05, 3.63) is 35.9 Å². The average Bonchev–Trinajstić information content (AvgIpc) is 3.05. The third kappa shape index (κ3) is 3.97. The first-order valence-corrected chi connectivity index (χ1v) is 8.03. The average molecular weight is 288 g/mol. The molecule has 4 nitrogen and oxygen atoms in total. The number of nitrogens with zero attached hydrogens (tertiary/aromatic N) is 2. The summed E-state index contributed by atoms with van der Waals surface area (Å²) in [5.74, 6) is 0. The third-order valence-electron chi connectivity index (χ3n) is 4.42. The Morgan fingerprint density at radius 2 is 1.71 bits per heavy atom. The Kier molecular flexibility index (Phi) is 4.76. The van der Waals surface area contributed by atoms with E-state index >= 15 is 0 Å². The molecule has 0 aromatic heterocycles. The van der Waals surface area contributed by atoms with Gasteiger partial charge in [-0.3, -0.25) is 4.90 Å². The summed E-state index contributed by atoms with van der Waals surface area (Å²) in [6.45, 7) is 4.74. The van der Waals surface area contributed by atoms with Gasteiger partial charge in [-0.1, -0.05) is 30.3 Å².